The molecular weight excluding hydrogens is 461 g/mol. The lowest BCUT2D eigenvalue weighted by Crippen LogP contribution is -2.31. The molecule has 5 N–H and O–H groups in total. The van der Waals surface area contributed by atoms with Gasteiger partial charge in [-0.15, -0.1) is 0 Å². The number of hydrogen-bond donors (Lipinski definition) is 5. The van der Waals surface area contributed by atoms with Gasteiger partial charge in [0.2, 0.25) is 0 Å². The first-order chi connectivity index (χ1) is 15.7. The number of nitrogens with zero attached hydrogens (tertiary/aromatic N) is 4. The number of aliphatic hydroxyl groups is 1. The van der Waals surface area contributed by atoms with Crippen molar-refractivity contribution in [1.82, 2.24) is 15.0 Å². The van der Waals surface area contributed by atoms with Crippen LogP contribution in [0, 0.1) is 22.6 Å². The second-order valence-electron chi connectivity index (χ2n) is 6.63. The van der Waals surface area contributed by atoms with Crippen LogP contribution in [0.4, 0.5) is 42.0 Å². The smallest absolute Gasteiger partial charge is 0.287 e. The summed E-state index contributed by atoms with van der Waals surface area (Å²) in [6, 6.07) is 6.94. The summed E-state index contributed by atoms with van der Waals surface area (Å²) < 4.78 is 40.9. The lowest BCUT2D eigenvalue weighted by Gasteiger charge is -2.15. The zero-order valence-electron chi connectivity index (χ0n) is 16.7. The van der Waals surface area contributed by atoms with Crippen LogP contribution in [0.15, 0.2) is 36.8 Å². The number of nitrogens with one attached hydrogen (secondary N) is 4. The standard InChI is InChI=1S/C20H16ClF3N8O/c21-13-1-11(5-25)2-14(22)19(13)31-15-3-17(27-7-12(15)6-26)32-18-4-16(29-10-30-18)28-8-20(23,24)9-33/h1-4,6-7,10,26,33H,8-9H2,(H3,27,28,29,30,31,32). The number of benzene rings is 1. The number of halogens is 4. The quantitative estimate of drug-likeness (QED) is 0.291. The van der Waals surface area contributed by atoms with Crippen molar-refractivity contribution in [3.05, 3.63) is 58.8 Å². The molecule has 9 nitrogen and oxygen atoms in total. The number of anilines is 5. The van der Waals surface area contributed by atoms with E-state index in [1.165, 1.54) is 24.4 Å². The predicted molar refractivity (Wildman–Crippen MR) is 117 cm³/mol. The Bertz CT molecular complexity index is 1200. The topological polar surface area (TPSA) is 143 Å². The van der Waals surface area contributed by atoms with Crippen LogP contribution in [-0.2, 0) is 0 Å². The maximum atomic E-state index is 14.4. The Balaban J connectivity index is 1.83. The fraction of sp³-hybridized carbons (Fsp3) is 0.150. The fourth-order valence-electron chi connectivity index (χ4n) is 2.58. The van der Waals surface area contributed by atoms with Gasteiger partial charge in [-0.1, -0.05) is 11.6 Å². The van der Waals surface area contributed by atoms with Crippen molar-refractivity contribution in [1.29, 1.82) is 10.7 Å². The molecular formula is C20H16ClF3N8O. The minimum atomic E-state index is -3.31. The van der Waals surface area contributed by atoms with Gasteiger partial charge in [0, 0.05) is 30.1 Å². The summed E-state index contributed by atoms with van der Waals surface area (Å²) in [5, 5.41) is 33.1. The van der Waals surface area contributed by atoms with Crippen LogP contribution in [-0.4, -0.2) is 45.3 Å². The molecule has 3 rings (SSSR count). The monoisotopic (exact) mass is 476 g/mol. The van der Waals surface area contributed by atoms with E-state index in [9.17, 15) is 13.2 Å². The number of aromatic nitrogens is 3. The van der Waals surface area contributed by atoms with Gasteiger partial charge in [-0.3, -0.25) is 0 Å². The van der Waals surface area contributed by atoms with Gasteiger partial charge < -0.3 is 26.5 Å². The van der Waals surface area contributed by atoms with Gasteiger partial charge in [0.05, 0.1) is 34.6 Å². The van der Waals surface area contributed by atoms with E-state index in [1.54, 1.807) is 6.07 Å². The number of aliphatic hydroxyl groups excluding tert-OH is 1. The average molecular weight is 477 g/mol. The first-order valence-electron chi connectivity index (χ1n) is 9.23. The van der Waals surface area contributed by atoms with Crippen LogP contribution in [0.2, 0.25) is 5.02 Å². The molecule has 2 heterocycles. The summed E-state index contributed by atoms with van der Waals surface area (Å²) in [5.74, 6) is -3.54. The normalized spacial score (nSPS) is 10.9. The molecule has 13 heteroatoms. The van der Waals surface area contributed by atoms with Crippen molar-refractivity contribution in [3.63, 3.8) is 0 Å². The Morgan fingerprint density at radius 2 is 1.85 bits per heavy atom. The Hall–Kier alpha value is -3.95. The molecule has 0 aliphatic carbocycles. The molecule has 0 atom stereocenters. The van der Waals surface area contributed by atoms with E-state index in [2.05, 4.69) is 30.9 Å². The highest BCUT2D eigenvalue weighted by molar-refractivity contribution is 6.33. The molecule has 0 aliphatic heterocycles. The van der Waals surface area contributed by atoms with E-state index in [0.29, 0.717) is 5.56 Å². The van der Waals surface area contributed by atoms with Gasteiger partial charge in [-0.05, 0) is 12.1 Å². The third-order valence-corrected chi connectivity index (χ3v) is 4.50. The molecule has 0 fully saturated rings. The lowest BCUT2D eigenvalue weighted by atomic mass is 10.2. The first-order valence-corrected chi connectivity index (χ1v) is 9.61. The Labute approximate surface area is 190 Å². The van der Waals surface area contributed by atoms with E-state index in [1.807, 2.05) is 0 Å². The molecule has 1 aromatic carbocycles. The summed E-state index contributed by atoms with van der Waals surface area (Å²) in [5.41, 5.74) is 0.561. The third-order valence-electron chi connectivity index (χ3n) is 4.20. The van der Waals surface area contributed by atoms with Crippen molar-refractivity contribution >= 4 is 46.6 Å². The molecule has 170 valence electrons. The minimum absolute atomic E-state index is 0.0278. The van der Waals surface area contributed by atoms with Crippen molar-refractivity contribution in [2.24, 2.45) is 0 Å². The second kappa shape index (κ2) is 10.1. The summed E-state index contributed by atoms with van der Waals surface area (Å²) in [4.78, 5) is 12.0. The van der Waals surface area contributed by atoms with Gasteiger partial charge in [0.25, 0.3) is 5.92 Å². The largest absolute Gasteiger partial charge is 0.390 e. The van der Waals surface area contributed by atoms with E-state index in [0.717, 1.165) is 18.6 Å². The highest BCUT2D eigenvalue weighted by atomic mass is 35.5. The van der Waals surface area contributed by atoms with Crippen LogP contribution < -0.4 is 16.0 Å². The van der Waals surface area contributed by atoms with Crippen LogP contribution in [0.25, 0.3) is 0 Å². The Morgan fingerprint density at radius 3 is 2.52 bits per heavy atom. The number of rotatable bonds is 9. The summed E-state index contributed by atoms with van der Waals surface area (Å²) in [7, 11) is 0. The molecule has 0 saturated heterocycles. The third kappa shape index (κ3) is 6.06. The molecule has 0 saturated carbocycles. The number of nitriles is 1. The summed E-state index contributed by atoms with van der Waals surface area (Å²) >= 11 is 6.08. The zero-order chi connectivity index (χ0) is 24.0. The second-order valence-corrected chi connectivity index (χ2v) is 7.04. The van der Waals surface area contributed by atoms with Crippen molar-refractivity contribution in [3.8, 4) is 6.07 Å². The fourth-order valence-corrected chi connectivity index (χ4v) is 2.83. The van der Waals surface area contributed by atoms with E-state index in [-0.39, 0.29) is 39.4 Å². The Morgan fingerprint density at radius 1 is 1.12 bits per heavy atom. The van der Waals surface area contributed by atoms with Gasteiger partial charge >= 0.3 is 0 Å². The first kappa shape index (κ1) is 23.7. The zero-order valence-corrected chi connectivity index (χ0v) is 17.5. The molecule has 0 amide bonds. The predicted octanol–water partition coefficient (Wildman–Crippen LogP) is 4.06. The number of pyridine rings is 1. The van der Waals surface area contributed by atoms with Crippen LogP contribution in [0.5, 0.6) is 0 Å². The van der Waals surface area contributed by atoms with Gasteiger partial charge in [0.15, 0.2) is 0 Å². The highest BCUT2D eigenvalue weighted by Gasteiger charge is 2.27. The average Bonchev–Trinajstić information content (AvgIpc) is 2.80. The molecule has 3 aromatic rings. The Kier molecular flexibility index (Phi) is 7.27. The number of hydrogen-bond acceptors (Lipinski definition) is 9. The maximum absolute atomic E-state index is 14.4. The molecule has 2 aromatic heterocycles. The molecule has 0 spiro atoms. The van der Waals surface area contributed by atoms with E-state index < -0.39 is 24.9 Å². The highest BCUT2D eigenvalue weighted by Crippen LogP contribution is 2.31. The minimum Gasteiger partial charge on any atom is -0.390 e. The molecule has 0 bridgehead atoms. The van der Waals surface area contributed by atoms with E-state index >= 15 is 0 Å². The SMILES string of the molecule is N#Cc1cc(F)c(Nc2cc(Nc3cc(NCC(F)(F)CO)ncn3)ncc2C=N)c(Cl)c1. The molecule has 0 aliphatic rings. The summed E-state index contributed by atoms with van der Waals surface area (Å²) in [6.45, 7) is -2.13. The van der Waals surface area contributed by atoms with Crippen LogP contribution in [0.1, 0.15) is 11.1 Å². The lowest BCUT2D eigenvalue weighted by molar-refractivity contribution is -0.0373. The van der Waals surface area contributed by atoms with Crippen LogP contribution >= 0.6 is 11.6 Å². The summed E-state index contributed by atoms with van der Waals surface area (Å²) in [6.07, 6.45) is 3.48. The van der Waals surface area contributed by atoms with Crippen molar-refractivity contribution in [2.75, 3.05) is 29.1 Å². The van der Waals surface area contributed by atoms with Crippen molar-refractivity contribution < 1.29 is 18.3 Å². The molecule has 33 heavy (non-hydrogen) atoms. The van der Waals surface area contributed by atoms with Crippen LogP contribution in [0.3, 0.4) is 0 Å². The number of alkyl halides is 2. The van der Waals surface area contributed by atoms with Crippen molar-refractivity contribution in [2.45, 2.75) is 5.92 Å². The molecule has 0 unspecified atom stereocenters. The molecule has 0 radical (unpaired) electrons. The van der Waals surface area contributed by atoms with E-state index in [4.69, 9.17) is 27.4 Å². The van der Waals surface area contributed by atoms with Gasteiger partial charge in [-0.2, -0.15) is 5.26 Å². The van der Waals surface area contributed by atoms with Gasteiger partial charge in [0.1, 0.15) is 36.2 Å². The van der Waals surface area contributed by atoms with Gasteiger partial charge in [-0.25, -0.2) is 28.1 Å². The maximum Gasteiger partial charge on any atom is 0.287 e.